The van der Waals surface area contributed by atoms with E-state index in [9.17, 15) is 14.0 Å². The van der Waals surface area contributed by atoms with Crippen molar-refractivity contribution < 1.29 is 18.7 Å². The molecule has 2 aromatic carbocycles. The van der Waals surface area contributed by atoms with Crippen molar-refractivity contribution in [3.05, 3.63) is 86.7 Å². The molecule has 0 aliphatic carbocycles. The Hall–Kier alpha value is -4.18. The molecule has 1 saturated heterocycles. The van der Waals surface area contributed by atoms with Gasteiger partial charge in [0.25, 0.3) is 5.56 Å². The molecule has 42 heavy (non-hydrogen) atoms. The van der Waals surface area contributed by atoms with Gasteiger partial charge < -0.3 is 19.7 Å². The van der Waals surface area contributed by atoms with Crippen LogP contribution < -0.4 is 15.6 Å². The van der Waals surface area contributed by atoms with E-state index < -0.39 is 17.0 Å². The average molecular weight is 594 g/mol. The van der Waals surface area contributed by atoms with Crippen LogP contribution in [0.4, 0.5) is 20.6 Å². The molecule has 0 spiro atoms. The highest BCUT2D eigenvalue weighted by Gasteiger charge is 2.28. The number of nitrogens with zero attached hydrogens (tertiary/aromatic N) is 3. The number of fused-ring (bicyclic) bond motifs is 1. The summed E-state index contributed by atoms with van der Waals surface area (Å²) in [6, 6.07) is 12.1. The molecule has 0 saturated carbocycles. The Kier molecular flexibility index (Phi) is 8.36. The molecule has 0 bridgehead atoms. The minimum absolute atomic E-state index is 0.126. The van der Waals surface area contributed by atoms with E-state index in [1.165, 1.54) is 12.3 Å². The van der Waals surface area contributed by atoms with Crippen LogP contribution >= 0.6 is 11.6 Å². The smallest absolute Gasteiger partial charge is 0.410 e. The molecule has 11 heteroatoms. The summed E-state index contributed by atoms with van der Waals surface area (Å²) >= 11 is 6.27. The van der Waals surface area contributed by atoms with Crippen molar-refractivity contribution in [1.82, 2.24) is 20.1 Å². The molecule has 9 nitrogen and oxygen atoms in total. The lowest BCUT2D eigenvalue weighted by Crippen LogP contribution is -2.41. The number of carbonyl (C=O) groups excluding carboxylic acids is 1. The summed E-state index contributed by atoms with van der Waals surface area (Å²) in [5.41, 5.74) is 2.46. The van der Waals surface area contributed by atoms with Crippen LogP contribution in [-0.2, 0) is 11.2 Å². The van der Waals surface area contributed by atoms with Crippen LogP contribution in [-0.4, -0.2) is 52.0 Å². The molecule has 0 atom stereocenters. The van der Waals surface area contributed by atoms with E-state index in [-0.39, 0.29) is 18.4 Å². The maximum atomic E-state index is 14.5. The number of hydrogen-bond donors (Lipinski definition) is 2. The fourth-order valence-electron chi connectivity index (χ4n) is 5.16. The molecule has 3 heterocycles. The first-order valence-electron chi connectivity index (χ1n) is 13.8. The van der Waals surface area contributed by atoms with Gasteiger partial charge in [0.05, 0.1) is 35.6 Å². The van der Waals surface area contributed by atoms with Crippen LogP contribution in [0.25, 0.3) is 10.9 Å². The van der Waals surface area contributed by atoms with Crippen molar-refractivity contribution in [3.63, 3.8) is 0 Å². The molecule has 0 radical (unpaired) electrons. The Labute approximate surface area is 248 Å². The average Bonchev–Trinajstić information content (AvgIpc) is 2.94. The molecule has 1 amide bonds. The van der Waals surface area contributed by atoms with Gasteiger partial charge in [0.15, 0.2) is 0 Å². The number of benzene rings is 2. The number of anilines is 2. The van der Waals surface area contributed by atoms with Crippen molar-refractivity contribution >= 4 is 40.0 Å². The van der Waals surface area contributed by atoms with Crippen molar-refractivity contribution in [3.8, 4) is 5.75 Å². The number of pyridine rings is 1. The van der Waals surface area contributed by atoms with Gasteiger partial charge in [-0.25, -0.2) is 14.3 Å². The molecule has 4 aromatic rings. The van der Waals surface area contributed by atoms with Crippen LogP contribution in [0.5, 0.6) is 5.75 Å². The second-order valence-electron chi connectivity index (χ2n) is 11.3. The highest BCUT2D eigenvalue weighted by Crippen LogP contribution is 2.36. The third-order valence-electron chi connectivity index (χ3n) is 7.21. The third-order valence-corrected chi connectivity index (χ3v) is 7.57. The Bertz CT molecular complexity index is 1660. The third kappa shape index (κ3) is 6.49. The summed E-state index contributed by atoms with van der Waals surface area (Å²) in [6.07, 6.45) is 2.90. The summed E-state index contributed by atoms with van der Waals surface area (Å²) in [7, 11) is 1.59. The molecule has 0 unspecified atom stereocenters. The van der Waals surface area contributed by atoms with Gasteiger partial charge in [-0.3, -0.25) is 9.78 Å². The van der Waals surface area contributed by atoms with E-state index in [4.69, 9.17) is 21.1 Å². The molecule has 2 aromatic heterocycles. The number of H-pyrrole nitrogens is 1. The highest BCUT2D eigenvalue weighted by molar-refractivity contribution is 6.31. The fraction of sp³-hybridized carbons (Fsp3) is 0.355. The van der Waals surface area contributed by atoms with Gasteiger partial charge in [0.1, 0.15) is 17.2 Å². The predicted octanol–water partition coefficient (Wildman–Crippen LogP) is 6.57. The predicted molar refractivity (Wildman–Crippen MR) is 160 cm³/mol. The SMILES string of the molecule is COc1cc(C2CCN(C(=O)OC(C)(C)C)CC2)ccc1Nc1cc(Cc2c(F)cccc2Cl)nc2cn[nH]c(=O)c12. The van der Waals surface area contributed by atoms with Crippen molar-refractivity contribution in [1.29, 1.82) is 0 Å². The molecular formula is C31H33ClFN5O4. The summed E-state index contributed by atoms with van der Waals surface area (Å²) in [4.78, 5) is 31.6. The standard InChI is InChI=1S/C31H33ClFN5O4/c1-31(2,3)42-30(40)38-12-10-18(11-13-38)19-8-9-24(27(14-19)41-4)36-25-16-20(15-21-22(32)6-5-7-23(21)33)35-26-17-34-37-29(39)28(25)26/h5-9,14,16-18H,10-13,15H2,1-4H3,(H,35,36)(H,37,39). The summed E-state index contributed by atoms with van der Waals surface area (Å²) in [5.74, 6) is 0.410. The number of nitrogens with one attached hydrogen (secondary N) is 2. The zero-order valence-corrected chi connectivity index (χ0v) is 24.7. The minimum atomic E-state index is -0.531. The second kappa shape index (κ2) is 12.0. The normalized spacial score (nSPS) is 14.2. The maximum absolute atomic E-state index is 14.5. The zero-order chi connectivity index (χ0) is 30.0. The van der Waals surface area contributed by atoms with Gasteiger partial charge >= 0.3 is 6.09 Å². The van der Waals surface area contributed by atoms with Gasteiger partial charge in [0.2, 0.25) is 0 Å². The first-order chi connectivity index (χ1) is 20.0. The fourth-order valence-corrected chi connectivity index (χ4v) is 5.39. The summed E-state index contributed by atoms with van der Waals surface area (Å²) in [6.45, 7) is 6.80. The molecule has 1 aliphatic heterocycles. The lowest BCUT2D eigenvalue weighted by Gasteiger charge is -2.33. The zero-order valence-electron chi connectivity index (χ0n) is 24.0. The molecular weight excluding hydrogens is 561 g/mol. The maximum Gasteiger partial charge on any atom is 0.410 e. The Morgan fingerprint density at radius 1 is 1.17 bits per heavy atom. The Morgan fingerprint density at radius 3 is 2.62 bits per heavy atom. The van der Waals surface area contributed by atoms with Crippen LogP contribution in [0.1, 0.15) is 56.4 Å². The Balaban J connectivity index is 1.40. The lowest BCUT2D eigenvalue weighted by atomic mass is 9.89. The van der Waals surface area contributed by atoms with Crippen molar-refractivity contribution in [2.24, 2.45) is 0 Å². The molecule has 1 fully saturated rings. The number of aromatic nitrogens is 3. The van der Waals surface area contributed by atoms with E-state index in [2.05, 4.69) is 20.5 Å². The Morgan fingerprint density at radius 2 is 1.93 bits per heavy atom. The summed E-state index contributed by atoms with van der Waals surface area (Å²) < 4.78 is 25.8. The van der Waals surface area contributed by atoms with Gasteiger partial charge in [-0.05, 0) is 75.4 Å². The van der Waals surface area contributed by atoms with Crippen LogP contribution in [0, 0.1) is 5.82 Å². The van der Waals surface area contributed by atoms with Crippen LogP contribution in [0.15, 0.2) is 53.5 Å². The van der Waals surface area contributed by atoms with E-state index in [1.807, 2.05) is 39.0 Å². The number of amides is 1. The lowest BCUT2D eigenvalue weighted by molar-refractivity contribution is 0.0205. The number of aromatic amines is 1. The first-order valence-corrected chi connectivity index (χ1v) is 14.1. The van der Waals surface area contributed by atoms with E-state index in [1.54, 1.807) is 30.2 Å². The number of halogens is 2. The van der Waals surface area contributed by atoms with Gasteiger partial charge in [0, 0.05) is 35.8 Å². The van der Waals surface area contributed by atoms with Gasteiger partial charge in [-0.15, -0.1) is 0 Å². The van der Waals surface area contributed by atoms with Gasteiger partial charge in [-0.2, -0.15) is 5.10 Å². The number of rotatable bonds is 6. The molecule has 5 rings (SSSR count). The van der Waals surface area contributed by atoms with Crippen molar-refractivity contribution in [2.45, 2.75) is 51.6 Å². The van der Waals surface area contributed by atoms with Crippen LogP contribution in [0.2, 0.25) is 5.02 Å². The number of methoxy groups -OCH3 is 1. The quantitative estimate of drug-likeness (QED) is 0.260. The number of carbonyl (C=O) groups is 1. The van der Waals surface area contributed by atoms with E-state index >= 15 is 0 Å². The van der Waals surface area contributed by atoms with E-state index in [0.717, 1.165) is 18.4 Å². The number of piperidine rings is 1. The monoisotopic (exact) mass is 593 g/mol. The largest absolute Gasteiger partial charge is 0.495 e. The number of likely N-dealkylation sites (tertiary alicyclic amines) is 1. The summed E-state index contributed by atoms with van der Waals surface area (Å²) in [5, 5.41) is 10.3. The number of ether oxygens (including phenoxy) is 2. The minimum Gasteiger partial charge on any atom is -0.495 e. The first kappa shape index (κ1) is 29.3. The van der Waals surface area contributed by atoms with Crippen molar-refractivity contribution in [2.75, 3.05) is 25.5 Å². The second-order valence-corrected chi connectivity index (χ2v) is 11.7. The van der Waals surface area contributed by atoms with Crippen LogP contribution in [0.3, 0.4) is 0 Å². The van der Waals surface area contributed by atoms with E-state index in [0.29, 0.717) is 57.4 Å². The van der Waals surface area contributed by atoms with Gasteiger partial charge in [-0.1, -0.05) is 23.7 Å². The molecule has 1 aliphatic rings. The highest BCUT2D eigenvalue weighted by atomic mass is 35.5. The topological polar surface area (TPSA) is 109 Å². The molecule has 2 N–H and O–H groups in total. The number of hydrogen-bond acceptors (Lipinski definition) is 7. The molecule has 220 valence electrons.